The SMILES string of the molecule is Cc1cccc(C(=O)N(C)CCc2noc(-c3ccc(C(=O)N(C)Cc4ccco4)cc3)n2)c1. The van der Waals surface area contributed by atoms with E-state index in [1.165, 1.54) is 0 Å². The zero-order valence-corrected chi connectivity index (χ0v) is 19.4. The highest BCUT2D eigenvalue weighted by Gasteiger charge is 2.16. The molecular weight excluding hydrogens is 432 g/mol. The Bertz CT molecular complexity index is 1260. The lowest BCUT2D eigenvalue weighted by Crippen LogP contribution is -2.29. The van der Waals surface area contributed by atoms with E-state index in [1.54, 1.807) is 60.5 Å². The van der Waals surface area contributed by atoms with Crippen LogP contribution in [0.5, 0.6) is 0 Å². The van der Waals surface area contributed by atoms with E-state index in [9.17, 15) is 9.59 Å². The molecule has 2 heterocycles. The zero-order valence-electron chi connectivity index (χ0n) is 19.4. The topological polar surface area (TPSA) is 92.7 Å². The number of aromatic nitrogens is 2. The fourth-order valence-electron chi connectivity index (χ4n) is 3.52. The van der Waals surface area contributed by atoms with Crippen molar-refractivity contribution in [3.8, 4) is 11.5 Å². The lowest BCUT2D eigenvalue weighted by molar-refractivity contribution is 0.0773. The minimum absolute atomic E-state index is 0.0512. The van der Waals surface area contributed by atoms with Crippen LogP contribution in [0.2, 0.25) is 0 Å². The number of rotatable bonds is 8. The summed E-state index contributed by atoms with van der Waals surface area (Å²) < 4.78 is 10.7. The van der Waals surface area contributed by atoms with E-state index in [1.807, 2.05) is 37.3 Å². The maximum absolute atomic E-state index is 12.6. The van der Waals surface area contributed by atoms with Crippen LogP contribution in [0.15, 0.2) is 75.9 Å². The number of amides is 2. The van der Waals surface area contributed by atoms with Gasteiger partial charge in [-0.15, -0.1) is 0 Å². The highest BCUT2D eigenvalue weighted by Crippen LogP contribution is 2.19. The number of hydrogen-bond donors (Lipinski definition) is 0. The van der Waals surface area contributed by atoms with Crippen molar-refractivity contribution in [2.24, 2.45) is 0 Å². The van der Waals surface area contributed by atoms with Crippen LogP contribution in [0.25, 0.3) is 11.5 Å². The van der Waals surface area contributed by atoms with Crippen molar-refractivity contribution in [1.29, 1.82) is 0 Å². The van der Waals surface area contributed by atoms with Crippen LogP contribution in [0.3, 0.4) is 0 Å². The molecule has 0 bridgehead atoms. The van der Waals surface area contributed by atoms with E-state index in [-0.39, 0.29) is 11.8 Å². The van der Waals surface area contributed by atoms with E-state index in [0.717, 1.165) is 11.3 Å². The third-order valence-corrected chi connectivity index (χ3v) is 5.45. The Kier molecular flexibility index (Phi) is 6.87. The number of carbonyl (C=O) groups excluding carboxylic acids is 2. The van der Waals surface area contributed by atoms with Gasteiger partial charge < -0.3 is 18.7 Å². The summed E-state index contributed by atoms with van der Waals surface area (Å²) in [5.74, 6) is 1.43. The fourth-order valence-corrected chi connectivity index (χ4v) is 3.52. The van der Waals surface area contributed by atoms with Crippen molar-refractivity contribution in [2.45, 2.75) is 19.9 Å². The Balaban J connectivity index is 1.34. The van der Waals surface area contributed by atoms with Crippen LogP contribution < -0.4 is 0 Å². The molecule has 0 aliphatic carbocycles. The van der Waals surface area contributed by atoms with Gasteiger partial charge in [-0.3, -0.25) is 9.59 Å². The number of aryl methyl sites for hydroxylation is 1. The highest BCUT2D eigenvalue weighted by atomic mass is 16.5. The van der Waals surface area contributed by atoms with Crippen LogP contribution in [-0.2, 0) is 13.0 Å². The lowest BCUT2D eigenvalue weighted by atomic mass is 10.1. The van der Waals surface area contributed by atoms with Crippen LogP contribution in [-0.4, -0.2) is 52.4 Å². The van der Waals surface area contributed by atoms with Crippen molar-refractivity contribution in [2.75, 3.05) is 20.6 Å². The summed E-state index contributed by atoms with van der Waals surface area (Å²) in [6, 6.07) is 18.1. The van der Waals surface area contributed by atoms with E-state index in [2.05, 4.69) is 10.1 Å². The number of likely N-dealkylation sites (N-methyl/N-ethyl adjacent to an activating group) is 1. The average Bonchev–Trinajstić information content (AvgIpc) is 3.54. The van der Waals surface area contributed by atoms with Crippen molar-refractivity contribution in [3.05, 3.63) is 95.2 Å². The minimum Gasteiger partial charge on any atom is -0.467 e. The van der Waals surface area contributed by atoms with Crippen molar-refractivity contribution in [1.82, 2.24) is 19.9 Å². The minimum atomic E-state index is -0.115. The Labute approximate surface area is 197 Å². The number of benzene rings is 2. The molecule has 0 aliphatic rings. The Morgan fingerprint density at radius 2 is 1.68 bits per heavy atom. The molecule has 8 heteroatoms. The normalized spacial score (nSPS) is 10.8. The second-order valence-electron chi connectivity index (χ2n) is 8.18. The van der Waals surface area contributed by atoms with E-state index in [4.69, 9.17) is 8.94 Å². The Morgan fingerprint density at radius 1 is 0.912 bits per heavy atom. The molecular formula is C26H26N4O4. The van der Waals surface area contributed by atoms with Crippen LogP contribution in [0, 0.1) is 6.92 Å². The molecule has 0 unspecified atom stereocenters. The van der Waals surface area contributed by atoms with Gasteiger partial charge >= 0.3 is 0 Å². The van der Waals surface area contributed by atoms with E-state index in [0.29, 0.717) is 47.9 Å². The molecule has 0 radical (unpaired) electrons. The Hall–Kier alpha value is -4.20. The van der Waals surface area contributed by atoms with Gasteiger partial charge in [0.2, 0.25) is 0 Å². The summed E-state index contributed by atoms with van der Waals surface area (Å²) in [5.41, 5.74) is 2.96. The number of hydrogen-bond acceptors (Lipinski definition) is 6. The summed E-state index contributed by atoms with van der Waals surface area (Å²) in [7, 11) is 3.48. The predicted octanol–water partition coefficient (Wildman–Crippen LogP) is 4.22. The first-order chi connectivity index (χ1) is 16.4. The maximum Gasteiger partial charge on any atom is 0.257 e. The summed E-state index contributed by atoms with van der Waals surface area (Å²) in [4.78, 5) is 32.9. The predicted molar refractivity (Wildman–Crippen MR) is 126 cm³/mol. The molecule has 2 amide bonds. The second kappa shape index (κ2) is 10.2. The van der Waals surface area contributed by atoms with Gasteiger partial charge in [-0.05, 0) is 55.5 Å². The molecule has 174 valence electrons. The summed E-state index contributed by atoms with van der Waals surface area (Å²) in [6.45, 7) is 2.81. The van der Waals surface area contributed by atoms with Crippen LogP contribution in [0.4, 0.5) is 0 Å². The average molecular weight is 459 g/mol. The number of nitrogens with zero attached hydrogens (tertiary/aromatic N) is 4. The fraction of sp³-hybridized carbons (Fsp3) is 0.231. The van der Waals surface area contributed by atoms with Gasteiger partial charge in [0.1, 0.15) is 5.76 Å². The van der Waals surface area contributed by atoms with Gasteiger partial charge in [-0.1, -0.05) is 22.9 Å². The monoisotopic (exact) mass is 458 g/mol. The van der Waals surface area contributed by atoms with Crippen molar-refractivity contribution in [3.63, 3.8) is 0 Å². The number of furan rings is 1. The van der Waals surface area contributed by atoms with Gasteiger partial charge in [-0.25, -0.2) is 0 Å². The molecule has 0 aliphatic heterocycles. The maximum atomic E-state index is 12.6. The number of carbonyl (C=O) groups is 2. The quantitative estimate of drug-likeness (QED) is 0.392. The van der Waals surface area contributed by atoms with Gasteiger partial charge in [0.25, 0.3) is 17.7 Å². The first kappa shape index (κ1) is 23.0. The highest BCUT2D eigenvalue weighted by molar-refractivity contribution is 5.94. The van der Waals surface area contributed by atoms with Crippen molar-refractivity contribution < 1.29 is 18.5 Å². The smallest absolute Gasteiger partial charge is 0.257 e. The molecule has 2 aromatic heterocycles. The molecule has 8 nitrogen and oxygen atoms in total. The second-order valence-corrected chi connectivity index (χ2v) is 8.18. The Morgan fingerprint density at radius 3 is 2.38 bits per heavy atom. The molecule has 0 atom stereocenters. The molecule has 4 rings (SSSR count). The first-order valence-corrected chi connectivity index (χ1v) is 10.9. The van der Waals surface area contributed by atoms with Crippen LogP contribution in [0.1, 0.15) is 37.9 Å². The standard InChI is InChI=1S/C26H26N4O4/c1-18-6-4-7-21(16-18)26(32)29(2)14-13-23-27-24(34-28-23)19-9-11-20(12-10-19)25(31)30(3)17-22-8-5-15-33-22/h4-12,15-16H,13-14,17H2,1-3H3. The van der Waals surface area contributed by atoms with Gasteiger partial charge in [0, 0.05) is 43.8 Å². The van der Waals surface area contributed by atoms with Crippen molar-refractivity contribution >= 4 is 11.8 Å². The molecule has 0 N–H and O–H groups in total. The first-order valence-electron chi connectivity index (χ1n) is 10.9. The lowest BCUT2D eigenvalue weighted by Gasteiger charge is -2.16. The van der Waals surface area contributed by atoms with Gasteiger partial charge in [-0.2, -0.15) is 4.98 Å². The third-order valence-electron chi connectivity index (χ3n) is 5.45. The van der Waals surface area contributed by atoms with Gasteiger partial charge in [0.05, 0.1) is 12.8 Å². The summed E-state index contributed by atoms with van der Waals surface area (Å²) >= 11 is 0. The van der Waals surface area contributed by atoms with Gasteiger partial charge in [0.15, 0.2) is 5.82 Å². The van der Waals surface area contributed by atoms with E-state index < -0.39 is 0 Å². The molecule has 2 aromatic carbocycles. The van der Waals surface area contributed by atoms with E-state index >= 15 is 0 Å². The summed E-state index contributed by atoms with van der Waals surface area (Å²) in [6.07, 6.45) is 2.05. The largest absolute Gasteiger partial charge is 0.467 e. The molecule has 0 fully saturated rings. The molecule has 4 aromatic rings. The van der Waals surface area contributed by atoms with Crippen LogP contribution >= 0.6 is 0 Å². The molecule has 0 spiro atoms. The molecule has 0 saturated heterocycles. The molecule has 34 heavy (non-hydrogen) atoms. The third kappa shape index (κ3) is 5.40. The molecule has 0 saturated carbocycles. The summed E-state index contributed by atoms with van der Waals surface area (Å²) in [5, 5.41) is 4.03. The zero-order chi connectivity index (χ0) is 24.1.